The zero-order valence-electron chi connectivity index (χ0n) is 17.5. The van der Waals surface area contributed by atoms with Gasteiger partial charge in [0, 0.05) is 50.0 Å². The molecule has 0 radical (unpaired) electrons. The summed E-state index contributed by atoms with van der Waals surface area (Å²) in [5.74, 6) is 0.122. The molecule has 0 fully saturated rings. The van der Waals surface area contributed by atoms with Gasteiger partial charge in [-0.3, -0.25) is 14.5 Å². The Balaban J connectivity index is 1.39. The van der Waals surface area contributed by atoms with Crippen molar-refractivity contribution in [2.24, 2.45) is 7.05 Å². The van der Waals surface area contributed by atoms with Gasteiger partial charge in [0.05, 0.1) is 23.9 Å². The number of amides is 1. The number of hydrogen-bond acceptors (Lipinski definition) is 5. The highest BCUT2D eigenvalue weighted by Gasteiger charge is 2.34. The molecular formula is C23H19F3N6O. The first-order valence-corrected chi connectivity index (χ1v) is 9.97. The van der Waals surface area contributed by atoms with E-state index in [2.05, 4.69) is 25.4 Å². The molecule has 0 saturated heterocycles. The average molecular weight is 452 g/mol. The second-order valence-electron chi connectivity index (χ2n) is 7.43. The molecule has 0 saturated carbocycles. The Morgan fingerprint density at radius 2 is 1.70 bits per heavy atom. The van der Waals surface area contributed by atoms with Crippen LogP contribution in [0.4, 0.5) is 18.9 Å². The summed E-state index contributed by atoms with van der Waals surface area (Å²) in [5.41, 5.74) is 2.05. The van der Waals surface area contributed by atoms with E-state index in [0.29, 0.717) is 24.0 Å². The van der Waals surface area contributed by atoms with Crippen molar-refractivity contribution in [1.29, 1.82) is 0 Å². The molecule has 0 bridgehead atoms. The van der Waals surface area contributed by atoms with Crippen molar-refractivity contribution in [3.05, 3.63) is 90.0 Å². The summed E-state index contributed by atoms with van der Waals surface area (Å²) >= 11 is 0. The molecule has 0 unspecified atom stereocenters. The Kier molecular flexibility index (Phi) is 6.16. The van der Waals surface area contributed by atoms with E-state index in [9.17, 15) is 18.0 Å². The largest absolute Gasteiger partial charge is 0.419 e. The molecule has 1 aromatic carbocycles. The van der Waals surface area contributed by atoms with Crippen molar-refractivity contribution in [2.75, 3.05) is 5.32 Å². The van der Waals surface area contributed by atoms with E-state index < -0.39 is 17.6 Å². The van der Waals surface area contributed by atoms with E-state index in [4.69, 9.17) is 0 Å². The Morgan fingerprint density at radius 3 is 2.33 bits per heavy atom. The first-order valence-electron chi connectivity index (χ1n) is 9.97. The summed E-state index contributed by atoms with van der Waals surface area (Å²) in [4.78, 5) is 24.6. The van der Waals surface area contributed by atoms with Gasteiger partial charge in [-0.05, 0) is 22.8 Å². The predicted octanol–water partition coefficient (Wildman–Crippen LogP) is 4.06. The molecule has 0 aliphatic heterocycles. The van der Waals surface area contributed by atoms with Crippen molar-refractivity contribution in [1.82, 2.24) is 24.7 Å². The number of carbonyl (C=O) groups excluding carboxylic acids is 1. The molecule has 0 aliphatic carbocycles. The van der Waals surface area contributed by atoms with Gasteiger partial charge in [0.15, 0.2) is 0 Å². The molecule has 7 nitrogen and oxygen atoms in total. The first-order chi connectivity index (χ1) is 15.8. The maximum absolute atomic E-state index is 13.1. The summed E-state index contributed by atoms with van der Waals surface area (Å²) in [6, 6.07) is 8.25. The van der Waals surface area contributed by atoms with Crippen LogP contribution >= 0.6 is 0 Å². The standard InChI is InChI=1S/C23H19F3N6O/c1-32-14-16(10-30-32)8-21-28-11-18(12-29-21)17-4-2-15(3-5-17)9-22(33)31-20-6-7-27-13-19(20)23(24,25)26/h2-7,10-14H,8-9H2,1H3,(H,27,31,33). The van der Waals surface area contributed by atoms with E-state index in [-0.39, 0.29) is 12.1 Å². The molecule has 4 rings (SSSR count). The predicted molar refractivity (Wildman–Crippen MR) is 115 cm³/mol. The summed E-state index contributed by atoms with van der Waals surface area (Å²) < 4.78 is 40.9. The fourth-order valence-corrected chi connectivity index (χ4v) is 3.27. The number of aromatic nitrogens is 5. The van der Waals surface area contributed by atoms with Gasteiger partial charge < -0.3 is 5.32 Å². The van der Waals surface area contributed by atoms with Crippen LogP contribution in [0.15, 0.2) is 67.5 Å². The van der Waals surface area contributed by atoms with Gasteiger partial charge in [-0.15, -0.1) is 0 Å². The van der Waals surface area contributed by atoms with Crippen LogP contribution in [0.25, 0.3) is 11.1 Å². The normalized spacial score (nSPS) is 11.4. The van der Waals surface area contributed by atoms with Gasteiger partial charge in [-0.25, -0.2) is 9.97 Å². The number of nitrogens with zero attached hydrogens (tertiary/aromatic N) is 5. The van der Waals surface area contributed by atoms with Crippen LogP contribution in [-0.2, 0) is 30.9 Å². The molecule has 1 N–H and O–H groups in total. The molecule has 10 heteroatoms. The van der Waals surface area contributed by atoms with Crippen LogP contribution in [0.5, 0.6) is 0 Å². The number of hydrogen-bond donors (Lipinski definition) is 1. The maximum Gasteiger partial charge on any atom is 0.419 e. The zero-order chi connectivity index (χ0) is 23.4. The number of alkyl halides is 3. The van der Waals surface area contributed by atoms with Gasteiger partial charge in [0.25, 0.3) is 0 Å². The number of halogens is 3. The molecule has 1 amide bonds. The summed E-state index contributed by atoms with van der Waals surface area (Å²) in [6.45, 7) is 0. The Labute approximate surface area is 187 Å². The first kappa shape index (κ1) is 22.1. The highest BCUT2D eigenvalue weighted by atomic mass is 19.4. The maximum atomic E-state index is 13.1. The SMILES string of the molecule is Cn1cc(Cc2ncc(-c3ccc(CC(=O)Nc4ccncc4C(F)(F)F)cc3)cn2)cn1. The Hall–Kier alpha value is -4.08. The average Bonchev–Trinajstić information content (AvgIpc) is 3.19. The molecule has 0 atom stereocenters. The minimum atomic E-state index is -4.60. The van der Waals surface area contributed by atoms with Crippen LogP contribution in [0, 0.1) is 0 Å². The minimum Gasteiger partial charge on any atom is -0.325 e. The number of rotatable bonds is 6. The fourth-order valence-electron chi connectivity index (χ4n) is 3.27. The molecule has 3 aromatic heterocycles. The molecule has 4 aromatic rings. The van der Waals surface area contributed by atoms with Crippen molar-refractivity contribution < 1.29 is 18.0 Å². The van der Waals surface area contributed by atoms with E-state index >= 15 is 0 Å². The second-order valence-corrected chi connectivity index (χ2v) is 7.43. The van der Waals surface area contributed by atoms with Crippen LogP contribution < -0.4 is 5.32 Å². The quantitative estimate of drug-likeness (QED) is 0.477. The Morgan fingerprint density at radius 1 is 0.970 bits per heavy atom. The van der Waals surface area contributed by atoms with Gasteiger partial charge in [0.1, 0.15) is 5.82 Å². The number of benzene rings is 1. The van der Waals surface area contributed by atoms with Crippen LogP contribution in [0.2, 0.25) is 0 Å². The van der Waals surface area contributed by atoms with E-state index in [1.54, 1.807) is 35.4 Å². The van der Waals surface area contributed by atoms with Crippen LogP contribution in [0.3, 0.4) is 0 Å². The molecule has 0 spiro atoms. The van der Waals surface area contributed by atoms with Crippen LogP contribution in [0.1, 0.15) is 22.5 Å². The highest BCUT2D eigenvalue weighted by molar-refractivity contribution is 5.93. The van der Waals surface area contributed by atoms with Gasteiger partial charge in [0.2, 0.25) is 5.91 Å². The summed E-state index contributed by atoms with van der Waals surface area (Å²) in [6.07, 6.45) is 4.92. The topological polar surface area (TPSA) is 85.6 Å². The second kappa shape index (κ2) is 9.19. The Bertz CT molecular complexity index is 1250. The van der Waals surface area contributed by atoms with Crippen molar-refractivity contribution in [2.45, 2.75) is 19.0 Å². The number of carbonyl (C=O) groups is 1. The lowest BCUT2D eigenvalue weighted by molar-refractivity contribution is -0.137. The number of nitrogens with one attached hydrogen (secondary N) is 1. The third-order valence-corrected chi connectivity index (χ3v) is 4.88. The van der Waals surface area contributed by atoms with Crippen molar-refractivity contribution in [3.63, 3.8) is 0 Å². The van der Waals surface area contributed by atoms with E-state index in [1.165, 1.54) is 6.20 Å². The van der Waals surface area contributed by atoms with Crippen molar-refractivity contribution in [3.8, 4) is 11.1 Å². The lowest BCUT2D eigenvalue weighted by Crippen LogP contribution is -2.18. The molecule has 33 heavy (non-hydrogen) atoms. The minimum absolute atomic E-state index is 0.0690. The number of aryl methyl sites for hydroxylation is 1. The van der Waals surface area contributed by atoms with E-state index in [1.807, 2.05) is 25.4 Å². The molecular weight excluding hydrogens is 433 g/mol. The summed E-state index contributed by atoms with van der Waals surface area (Å²) in [5, 5.41) is 6.44. The lowest BCUT2D eigenvalue weighted by Gasteiger charge is -2.13. The monoisotopic (exact) mass is 452 g/mol. The third-order valence-electron chi connectivity index (χ3n) is 4.88. The van der Waals surface area contributed by atoms with Crippen LogP contribution in [-0.4, -0.2) is 30.6 Å². The number of pyridine rings is 1. The van der Waals surface area contributed by atoms with Crippen molar-refractivity contribution >= 4 is 11.6 Å². The molecule has 3 heterocycles. The van der Waals surface area contributed by atoms with Gasteiger partial charge in [-0.2, -0.15) is 18.3 Å². The highest BCUT2D eigenvalue weighted by Crippen LogP contribution is 2.34. The zero-order valence-corrected chi connectivity index (χ0v) is 17.5. The van der Waals surface area contributed by atoms with Gasteiger partial charge >= 0.3 is 6.18 Å². The fraction of sp³-hybridized carbons (Fsp3) is 0.174. The lowest BCUT2D eigenvalue weighted by atomic mass is 10.0. The molecule has 0 aliphatic rings. The smallest absolute Gasteiger partial charge is 0.325 e. The van der Waals surface area contributed by atoms with Gasteiger partial charge in [-0.1, -0.05) is 24.3 Å². The third kappa shape index (κ3) is 5.59. The number of anilines is 1. The molecule has 168 valence electrons. The summed E-state index contributed by atoms with van der Waals surface area (Å²) in [7, 11) is 1.85. The van der Waals surface area contributed by atoms with E-state index in [0.717, 1.165) is 22.8 Å².